The molecule has 0 aromatic rings. The third-order valence-electron chi connectivity index (χ3n) is 0.974. The molecule has 9 heavy (non-hydrogen) atoms. The highest BCUT2D eigenvalue weighted by atomic mass is 14.7. The average Bonchev–Trinajstić information content (AvgIpc) is 1.89. The highest BCUT2D eigenvalue weighted by Gasteiger charge is 1.72. The number of allylic oxidation sites excluding steroid dienone is 4. The molecule has 0 heterocycles. The van der Waals surface area contributed by atoms with Gasteiger partial charge in [0.25, 0.3) is 0 Å². The van der Waals surface area contributed by atoms with Crippen molar-refractivity contribution in [2.45, 2.75) is 20.8 Å². The van der Waals surface area contributed by atoms with Gasteiger partial charge in [-0.1, -0.05) is 12.2 Å². The lowest BCUT2D eigenvalue weighted by atomic mass is 10.5. The molecule has 0 saturated carbocycles. The third kappa shape index (κ3) is 5.01. The quantitative estimate of drug-likeness (QED) is 0.500. The zero-order chi connectivity index (χ0) is 7.11. The Balaban J connectivity index is 3.71. The van der Waals surface area contributed by atoms with E-state index in [1.54, 1.807) is 6.21 Å². The molecule has 0 spiro atoms. The Morgan fingerprint density at radius 3 is 2.44 bits per heavy atom. The fraction of sp³-hybridized carbons (Fsp3) is 0.375. The lowest BCUT2D eigenvalue weighted by Gasteiger charge is -1.83. The normalized spacial score (nSPS) is 13.9. The fourth-order valence-corrected chi connectivity index (χ4v) is 0.321. The summed E-state index contributed by atoms with van der Waals surface area (Å²) >= 11 is 0. The van der Waals surface area contributed by atoms with E-state index in [9.17, 15) is 0 Å². The summed E-state index contributed by atoms with van der Waals surface area (Å²) < 4.78 is 0. The second-order valence-corrected chi connectivity index (χ2v) is 1.73. The monoisotopic (exact) mass is 123 g/mol. The Morgan fingerprint density at radius 2 is 2.00 bits per heavy atom. The van der Waals surface area contributed by atoms with Crippen molar-refractivity contribution < 1.29 is 0 Å². The van der Waals surface area contributed by atoms with Crippen LogP contribution in [-0.4, -0.2) is 6.21 Å². The number of nitrogens with zero attached hydrogens (tertiary/aromatic N) is 1. The lowest BCUT2D eigenvalue weighted by molar-refractivity contribution is 1.30. The molecule has 1 nitrogen and oxygen atoms in total. The Bertz CT molecular complexity index is 141. The van der Waals surface area contributed by atoms with Crippen molar-refractivity contribution in [3.05, 3.63) is 23.9 Å². The maximum Gasteiger partial charge on any atom is 0.0330 e. The lowest BCUT2D eigenvalue weighted by Crippen LogP contribution is -1.67. The highest BCUT2D eigenvalue weighted by molar-refractivity contribution is 5.71. The topological polar surface area (TPSA) is 12.4 Å². The minimum Gasteiger partial charge on any atom is -0.262 e. The van der Waals surface area contributed by atoms with Gasteiger partial charge in [-0.3, -0.25) is 4.99 Å². The molecule has 0 bridgehead atoms. The first-order chi connectivity index (χ1) is 4.31. The van der Waals surface area contributed by atoms with Gasteiger partial charge in [0.15, 0.2) is 0 Å². The second kappa shape index (κ2) is 5.29. The van der Waals surface area contributed by atoms with E-state index in [1.807, 2.05) is 39.0 Å². The van der Waals surface area contributed by atoms with Crippen molar-refractivity contribution in [3.63, 3.8) is 0 Å². The average molecular weight is 123 g/mol. The first kappa shape index (κ1) is 8.15. The molecule has 0 fully saturated rings. The number of rotatable bonds is 2. The third-order valence-corrected chi connectivity index (χ3v) is 0.974. The van der Waals surface area contributed by atoms with Gasteiger partial charge < -0.3 is 0 Å². The molecular weight excluding hydrogens is 110 g/mol. The van der Waals surface area contributed by atoms with Crippen molar-refractivity contribution in [3.8, 4) is 0 Å². The molecule has 0 aromatic carbocycles. The number of aliphatic imine (C=N–C) groups is 1. The predicted octanol–water partition coefficient (Wildman–Crippen LogP) is 2.56. The summed E-state index contributed by atoms with van der Waals surface area (Å²) in [6, 6.07) is 0. The molecule has 0 radical (unpaired) electrons. The highest BCUT2D eigenvalue weighted by Crippen LogP contribution is 1.90. The molecule has 0 rings (SSSR count). The summed E-state index contributed by atoms with van der Waals surface area (Å²) in [6.45, 7) is 5.92. The van der Waals surface area contributed by atoms with Gasteiger partial charge in [0.1, 0.15) is 0 Å². The van der Waals surface area contributed by atoms with Crippen LogP contribution in [0.15, 0.2) is 28.9 Å². The van der Waals surface area contributed by atoms with Crippen molar-refractivity contribution in [1.29, 1.82) is 0 Å². The zero-order valence-corrected chi connectivity index (χ0v) is 6.26. The maximum atomic E-state index is 4.08. The molecule has 0 aliphatic carbocycles. The standard InChI is InChI=1S/C8H13N/c1-4-6-7-9-8(3)5-2/h4-7H,1-3H3. The van der Waals surface area contributed by atoms with Crippen LogP contribution in [0.5, 0.6) is 0 Å². The van der Waals surface area contributed by atoms with Gasteiger partial charge >= 0.3 is 0 Å². The Labute approximate surface area is 56.8 Å². The van der Waals surface area contributed by atoms with Gasteiger partial charge in [0.05, 0.1) is 0 Å². The smallest absolute Gasteiger partial charge is 0.0330 e. The minimum absolute atomic E-state index is 1.05. The Morgan fingerprint density at radius 1 is 1.33 bits per heavy atom. The summed E-state index contributed by atoms with van der Waals surface area (Å²) in [6.07, 6.45) is 7.62. The van der Waals surface area contributed by atoms with Gasteiger partial charge in [-0.2, -0.15) is 0 Å². The van der Waals surface area contributed by atoms with Crippen molar-refractivity contribution in [2.75, 3.05) is 0 Å². The molecule has 0 atom stereocenters. The summed E-state index contributed by atoms with van der Waals surface area (Å²) in [5.74, 6) is 0. The van der Waals surface area contributed by atoms with Crippen LogP contribution in [-0.2, 0) is 0 Å². The minimum atomic E-state index is 1.05. The Hall–Kier alpha value is -0.850. The van der Waals surface area contributed by atoms with E-state index in [1.165, 1.54) is 0 Å². The van der Waals surface area contributed by atoms with Crippen LogP contribution in [0.2, 0.25) is 0 Å². The van der Waals surface area contributed by atoms with Crippen LogP contribution in [0.1, 0.15) is 20.8 Å². The van der Waals surface area contributed by atoms with Crippen molar-refractivity contribution in [2.24, 2.45) is 4.99 Å². The maximum absolute atomic E-state index is 4.08. The van der Waals surface area contributed by atoms with Crippen LogP contribution in [0.25, 0.3) is 0 Å². The van der Waals surface area contributed by atoms with Gasteiger partial charge in [0.2, 0.25) is 0 Å². The summed E-state index contributed by atoms with van der Waals surface area (Å²) in [7, 11) is 0. The number of hydrogen-bond acceptors (Lipinski definition) is 1. The van der Waals surface area contributed by atoms with E-state index < -0.39 is 0 Å². The number of hydrogen-bond donors (Lipinski definition) is 0. The van der Waals surface area contributed by atoms with Crippen LogP contribution >= 0.6 is 0 Å². The molecule has 0 saturated heterocycles. The summed E-state index contributed by atoms with van der Waals surface area (Å²) in [4.78, 5) is 4.08. The second-order valence-electron chi connectivity index (χ2n) is 1.73. The summed E-state index contributed by atoms with van der Waals surface area (Å²) in [5, 5.41) is 0. The van der Waals surface area contributed by atoms with Gasteiger partial charge in [0, 0.05) is 11.9 Å². The molecule has 0 aliphatic rings. The van der Waals surface area contributed by atoms with E-state index in [0.717, 1.165) is 5.70 Å². The molecule has 0 amide bonds. The largest absolute Gasteiger partial charge is 0.262 e. The predicted molar refractivity (Wildman–Crippen MR) is 42.7 cm³/mol. The van der Waals surface area contributed by atoms with Gasteiger partial charge in [-0.05, 0) is 26.8 Å². The molecule has 0 aliphatic heterocycles. The summed E-state index contributed by atoms with van der Waals surface area (Å²) in [5.41, 5.74) is 1.05. The Kier molecular flexibility index (Phi) is 4.79. The molecule has 0 unspecified atom stereocenters. The van der Waals surface area contributed by atoms with Crippen LogP contribution in [0.3, 0.4) is 0 Å². The van der Waals surface area contributed by atoms with Crippen LogP contribution < -0.4 is 0 Å². The van der Waals surface area contributed by atoms with Crippen LogP contribution in [0, 0.1) is 0 Å². The van der Waals surface area contributed by atoms with E-state index in [0.29, 0.717) is 0 Å². The van der Waals surface area contributed by atoms with Crippen LogP contribution in [0.4, 0.5) is 0 Å². The molecule has 0 N–H and O–H groups in total. The first-order valence-electron chi connectivity index (χ1n) is 3.09. The van der Waals surface area contributed by atoms with Gasteiger partial charge in [-0.25, -0.2) is 0 Å². The van der Waals surface area contributed by atoms with E-state index in [2.05, 4.69) is 4.99 Å². The van der Waals surface area contributed by atoms with E-state index in [-0.39, 0.29) is 0 Å². The molecule has 0 aromatic heterocycles. The van der Waals surface area contributed by atoms with Gasteiger partial charge in [-0.15, -0.1) is 0 Å². The zero-order valence-electron chi connectivity index (χ0n) is 6.26. The first-order valence-corrected chi connectivity index (χ1v) is 3.09. The fourth-order valence-electron chi connectivity index (χ4n) is 0.321. The molecular formula is C8H13N. The van der Waals surface area contributed by atoms with E-state index >= 15 is 0 Å². The SMILES string of the molecule is CC=CC=NC(C)=CC. The van der Waals surface area contributed by atoms with Crippen molar-refractivity contribution >= 4 is 6.21 Å². The molecule has 50 valence electrons. The van der Waals surface area contributed by atoms with Crippen molar-refractivity contribution in [1.82, 2.24) is 0 Å². The molecule has 1 heteroatoms. The van der Waals surface area contributed by atoms with E-state index in [4.69, 9.17) is 0 Å².